The van der Waals surface area contributed by atoms with Gasteiger partial charge in [-0.3, -0.25) is 14.5 Å². The van der Waals surface area contributed by atoms with Crippen molar-refractivity contribution in [3.63, 3.8) is 0 Å². The number of piperidine rings is 2. The maximum atomic E-state index is 13.8. The molecule has 6 heteroatoms. The molecule has 0 radical (unpaired) electrons. The molecule has 1 aromatic carbocycles. The molecule has 0 unspecified atom stereocenters. The number of likely N-dealkylation sites (tertiary alicyclic amines) is 2. The largest absolute Gasteiger partial charge is 0.497 e. The average molecular weight is 467 g/mol. The highest BCUT2D eigenvalue weighted by Crippen LogP contribution is 2.64. The lowest BCUT2D eigenvalue weighted by molar-refractivity contribution is -0.189. The van der Waals surface area contributed by atoms with Crippen molar-refractivity contribution < 1.29 is 19.1 Å². The number of hydrogen-bond donors (Lipinski definition) is 0. The molecule has 2 heterocycles. The van der Waals surface area contributed by atoms with Gasteiger partial charge in [0, 0.05) is 44.3 Å². The van der Waals surface area contributed by atoms with E-state index in [-0.39, 0.29) is 29.3 Å². The van der Waals surface area contributed by atoms with E-state index in [1.807, 2.05) is 0 Å². The van der Waals surface area contributed by atoms with Gasteiger partial charge in [-0.25, -0.2) is 0 Å². The van der Waals surface area contributed by atoms with E-state index in [1.54, 1.807) is 14.0 Å². The van der Waals surface area contributed by atoms with Gasteiger partial charge < -0.3 is 14.4 Å². The fourth-order valence-corrected chi connectivity index (χ4v) is 7.92. The molecule has 2 aliphatic heterocycles. The molecule has 3 aliphatic carbocycles. The van der Waals surface area contributed by atoms with Gasteiger partial charge in [-0.2, -0.15) is 0 Å². The van der Waals surface area contributed by atoms with E-state index in [0.717, 1.165) is 70.0 Å². The lowest BCUT2D eigenvalue weighted by atomic mass is 9.56. The van der Waals surface area contributed by atoms with Crippen LogP contribution in [0.15, 0.2) is 18.2 Å². The van der Waals surface area contributed by atoms with E-state index in [4.69, 9.17) is 9.47 Å². The monoisotopic (exact) mass is 466 g/mol. The van der Waals surface area contributed by atoms with Crippen molar-refractivity contribution in [3.8, 4) is 5.75 Å². The van der Waals surface area contributed by atoms with Crippen LogP contribution in [0.25, 0.3) is 0 Å². The zero-order valence-corrected chi connectivity index (χ0v) is 20.7. The lowest BCUT2D eigenvalue weighted by Crippen LogP contribution is -2.70. The van der Waals surface area contributed by atoms with Crippen LogP contribution in [-0.4, -0.2) is 66.6 Å². The Morgan fingerprint density at radius 3 is 2.59 bits per heavy atom. The molecule has 34 heavy (non-hydrogen) atoms. The SMILES string of the molecule is COc1ccc2c(c1)[C@]13CCN(CC4CC4)[C@H](C2)[C@]1(OC(C)=O)C[C@H](C(=O)N1CCCCC1)C3. The summed E-state index contributed by atoms with van der Waals surface area (Å²) in [5.74, 6) is 1.57. The maximum Gasteiger partial charge on any atom is 0.303 e. The molecule has 1 amide bonds. The number of hydrogen-bond acceptors (Lipinski definition) is 5. The van der Waals surface area contributed by atoms with Crippen LogP contribution in [0.2, 0.25) is 0 Å². The Balaban J connectivity index is 1.46. The minimum atomic E-state index is -0.651. The van der Waals surface area contributed by atoms with Crippen LogP contribution in [0.3, 0.4) is 0 Å². The summed E-state index contributed by atoms with van der Waals surface area (Å²) >= 11 is 0. The molecule has 0 aromatic heterocycles. The van der Waals surface area contributed by atoms with Crippen LogP contribution in [0.1, 0.15) is 69.4 Å². The second kappa shape index (κ2) is 8.25. The summed E-state index contributed by atoms with van der Waals surface area (Å²) < 4.78 is 12.1. The third kappa shape index (κ3) is 3.39. The van der Waals surface area contributed by atoms with E-state index in [1.165, 1.54) is 30.4 Å². The molecular weight excluding hydrogens is 428 g/mol. The predicted octanol–water partition coefficient (Wildman–Crippen LogP) is 3.70. The van der Waals surface area contributed by atoms with Crippen LogP contribution in [0.4, 0.5) is 0 Å². The van der Waals surface area contributed by atoms with Crippen molar-refractivity contribution in [1.29, 1.82) is 0 Å². The zero-order valence-electron chi connectivity index (χ0n) is 20.7. The van der Waals surface area contributed by atoms with E-state index in [9.17, 15) is 9.59 Å². The Morgan fingerprint density at radius 1 is 1.09 bits per heavy atom. The molecule has 2 saturated carbocycles. The van der Waals surface area contributed by atoms with Gasteiger partial charge in [-0.15, -0.1) is 0 Å². The number of carbonyl (C=O) groups is 2. The molecule has 2 bridgehead atoms. The first-order valence-corrected chi connectivity index (χ1v) is 13.4. The average Bonchev–Trinajstić information content (AvgIpc) is 3.58. The zero-order chi connectivity index (χ0) is 23.5. The maximum absolute atomic E-state index is 13.8. The van der Waals surface area contributed by atoms with Gasteiger partial charge >= 0.3 is 5.97 Å². The third-order valence-electron chi connectivity index (χ3n) is 9.54. The van der Waals surface area contributed by atoms with Crippen LogP contribution in [0, 0.1) is 11.8 Å². The molecule has 0 spiro atoms. The molecule has 6 nitrogen and oxygen atoms in total. The van der Waals surface area contributed by atoms with Gasteiger partial charge in [0.15, 0.2) is 0 Å². The van der Waals surface area contributed by atoms with Crippen LogP contribution in [0.5, 0.6) is 5.75 Å². The van der Waals surface area contributed by atoms with Crippen molar-refractivity contribution in [2.24, 2.45) is 11.8 Å². The Hall–Kier alpha value is -2.08. The number of rotatable bonds is 5. The van der Waals surface area contributed by atoms with E-state index >= 15 is 0 Å². The number of benzene rings is 1. The predicted molar refractivity (Wildman–Crippen MR) is 129 cm³/mol. The highest BCUT2D eigenvalue weighted by atomic mass is 16.6. The van der Waals surface area contributed by atoms with Gasteiger partial charge in [-0.05, 0) is 87.1 Å². The number of fused-ring (bicyclic) bond motifs is 1. The summed E-state index contributed by atoms with van der Waals surface area (Å²) in [7, 11) is 1.71. The molecule has 4 atom stereocenters. The van der Waals surface area contributed by atoms with Gasteiger partial charge in [0.1, 0.15) is 11.4 Å². The van der Waals surface area contributed by atoms with E-state index in [0.29, 0.717) is 6.42 Å². The summed E-state index contributed by atoms with van der Waals surface area (Å²) in [5.41, 5.74) is 1.60. The molecule has 1 aromatic rings. The van der Waals surface area contributed by atoms with Crippen molar-refractivity contribution in [3.05, 3.63) is 29.3 Å². The van der Waals surface area contributed by atoms with Gasteiger partial charge in [0.25, 0.3) is 0 Å². The number of methoxy groups -OCH3 is 1. The third-order valence-corrected chi connectivity index (χ3v) is 9.54. The van der Waals surface area contributed by atoms with Crippen molar-refractivity contribution in [1.82, 2.24) is 9.80 Å². The Labute approximate surface area is 203 Å². The number of nitrogens with zero attached hydrogens (tertiary/aromatic N) is 2. The molecule has 5 aliphatic rings. The van der Waals surface area contributed by atoms with Crippen LogP contribution >= 0.6 is 0 Å². The molecule has 2 saturated heterocycles. The second-order valence-corrected chi connectivity index (χ2v) is 11.5. The van der Waals surface area contributed by atoms with Gasteiger partial charge in [-0.1, -0.05) is 6.07 Å². The first kappa shape index (κ1) is 22.4. The van der Waals surface area contributed by atoms with Gasteiger partial charge in [0.2, 0.25) is 5.91 Å². The Bertz CT molecular complexity index is 985. The standard InChI is InChI=1S/C28H38N2O4/c1-19(31)34-28-17-22(26(32)29-11-4-3-5-12-29)16-27(28)10-13-30(18-20-6-7-20)25(28)14-21-8-9-23(33-2)15-24(21)27/h8-9,15,20,22,25H,3-7,10-14,16-18H2,1-2H3/t22-,25-,27-,28-/m1/s1. The summed E-state index contributed by atoms with van der Waals surface area (Å²) in [6.45, 7) is 5.37. The number of ether oxygens (including phenoxy) is 2. The van der Waals surface area contributed by atoms with Crippen molar-refractivity contribution in [2.75, 3.05) is 33.3 Å². The fraction of sp³-hybridized carbons (Fsp3) is 0.714. The molecule has 6 rings (SSSR count). The fourth-order valence-electron chi connectivity index (χ4n) is 7.92. The summed E-state index contributed by atoms with van der Waals surface area (Å²) in [6, 6.07) is 6.57. The quantitative estimate of drug-likeness (QED) is 0.620. The highest BCUT2D eigenvalue weighted by Gasteiger charge is 2.71. The lowest BCUT2D eigenvalue weighted by Gasteiger charge is -2.60. The first-order valence-electron chi connectivity index (χ1n) is 13.4. The highest BCUT2D eigenvalue weighted by molar-refractivity contribution is 5.80. The van der Waals surface area contributed by atoms with E-state index < -0.39 is 5.60 Å². The summed E-state index contributed by atoms with van der Waals surface area (Å²) in [6.07, 6.45) is 9.21. The Morgan fingerprint density at radius 2 is 1.88 bits per heavy atom. The topological polar surface area (TPSA) is 59.1 Å². The number of carbonyl (C=O) groups excluding carboxylic acids is 2. The molecule has 4 fully saturated rings. The normalized spacial score (nSPS) is 34.8. The second-order valence-electron chi connectivity index (χ2n) is 11.5. The van der Waals surface area contributed by atoms with Crippen molar-refractivity contribution in [2.45, 2.75) is 81.8 Å². The smallest absolute Gasteiger partial charge is 0.303 e. The van der Waals surface area contributed by atoms with Gasteiger partial charge in [0.05, 0.1) is 13.2 Å². The van der Waals surface area contributed by atoms with Crippen LogP contribution in [-0.2, 0) is 26.2 Å². The number of esters is 1. The minimum Gasteiger partial charge on any atom is -0.497 e. The number of amides is 1. The summed E-state index contributed by atoms with van der Waals surface area (Å²) in [4.78, 5) is 31.2. The molecule has 184 valence electrons. The Kier molecular flexibility index (Phi) is 5.43. The molecular formula is C28H38N2O4. The van der Waals surface area contributed by atoms with E-state index in [2.05, 4.69) is 28.0 Å². The molecule has 0 N–H and O–H groups in total. The first-order chi connectivity index (χ1) is 16.5. The van der Waals surface area contributed by atoms with Crippen LogP contribution < -0.4 is 4.74 Å². The minimum absolute atomic E-state index is 0.0991. The summed E-state index contributed by atoms with van der Waals surface area (Å²) in [5, 5.41) is 0. The van der Waals surface area contributed by atoms with Crippen molar-refractivity contribution >= 4 is 11.9 Å².